The Morgan fingerprint density at radius 3 is 2.76 bits per heavy atom. The van der Waals surface area contributed by atoms with Crippen molar-refractivity contribution in [2.75, 3.05) is 25.1 Å². The normalized spacial score (nSPS) is 22.5. The Morgan fingerprint density at radius 2 is 2.10 bits per heavy atom. The number of nitrogens with zero attached hydrogens (tertiary/aromatic N) is 3. The Labute approximate surface area is 129 Å². The highest BCUT2D eigenvalue weighted by molar-refractivity contribution is 7.15. The van der Waals surface area contributed by atoms with Crippen LogP contribution in [0.3, 0.4) is 0 Å². The lowest BCUT2D eigenvalue weighted by atomic mass is 9.89. The summed E-state index contributed by atoms with van der Waals surface area (Å²) in [6.07, 6.45) is 2.43. The molecule has 1 aliphatic rings. The first-order valence-corrected chi connectivity index (χ1v) is 8.19. The number of hydrogen-bond donors (Lipinski definition) is 0. The third-order valence-corrected chi connectivity index (χ3v) is 4.99. The highest BCUT2D eigenvalue weighted by Crippen LogP contribution is 2.29. The maximum atomic E-state index is 5.71. The van der Waals surface area contributed by atoms with Gasteiger partial charge in [0.1, 0.15) is 5.01 Å². The maximum Gasteiger partial charge on any atom is 0.208 e. The van der Waals surface area contributed by atoms with Crippen LogP contribution in [-0.4, -0.2) is 36.5 Å². The molecule has 1 saturated heterocycles. The standard InChI is InChI=1S/C16H21N3OS/c1-12-17-18-16(21-12)19-9-8-15(20-2)14(11-19)10-13-6-4-3-5-7-13/h3-7,14-15H,8-11H2,1-2H3/t14-,15-/m1/s1. The van der Waals surface area contributed by atoms with Crippen LogP contribution in [0.15, 0.2) is 30.3 Å². The number of methoxy groups -OCH3 is 1. The van der Waals surface area contributed by atoms with Gasteiger partial charge in [-0.25, -0.2) is 0 Å². The van der Waals surface area contributed by atoms with Crippen LogP contribution in [0.1, 0.15) is 17.0 Å². The summed E-state index contributed by atoms with van der Waals surface area (Å²) in [6, 6.07) is 10.7. The van der Waals surface area contributed by atoms with Crippen LogP contribution >= 0.6 is 11.3 Å². The van der Waals surface area contributed by atoms with Crippen molar-refractivity contribution >= 4 is 16.5 Å². The van der Waals surface area contributed by atoms with Crippen molar-refractivity contribution < 1.29 is 4.74 Å². The van der Waals surface area contributed by atoms with E-state index in [9.17, 15) is 0 Å². The fourth-order valence-electron chi connectivity index (χ4n) is 3.02. The monoisotopic (exact) mass is 303 g/mol. The molecule has 2 heterocycles. The summed E-state index contributed by atoms with van der Waals surface area (Å²) in [5.74, 6) is 0.496. The van der Waals surface area contributed by atoms with Crippen molar-refractivity contribution in [2.24, 2.45) is 5.92 Å². The maximum absolute atomic E-state index is 5.71. The molecule has 2 aromatic rings. The molecule has 0 radical (unpaired) electrons. The molecule has 1 aromatic heterocycles. The summed E-state index contributed by atoms with van der Waals surface area (Å²) < 4.78 is 5.71. The number of aromatic nitrogens is 2. The Hall–Kier alpha value is -1.46. The van der Waals surface area contributed by atoms with Gasteiger partial charge in [-0.2, -0.15) is 0 Å². The topological polar surface area (TPSA) is 38.2 Å². The van der Waals surface area contributed by atoms with Crippen LogP contribution in [0.5, 0.6) is 0 Å². The minimum absolute atomic E-state index is 0.329. The van der Waals surface area contributed by atoms with E-state index in [4.69, 9.17) is 4.74 Å². The van der Waals surface area contributed by atoms with Gasteiger partial charge < -0.3 is 9.64 Å². The number of anilines is 1. The van der Waals surface area contributed by atoms with Gasteiger partial charge in [0.2, 0.25) is 5.13 Å². The zero-order chi connectivity index (χ0) is 14.7. The van der Waals surface area contributed by atoms with Crippen LogP contribution < -0.4 is 4.90 Å². The lowest BCUT2D eigenvalue weighted by Crippen LogP contribution is -2.45. The summed E-state index contributed by atoms with van der Waals surface area (Å²) in [6.45, 7) is 3.99. The van der Waals surface area contributed by atoms with Crippen molar-refractivity contribution in [1.82, 2.24) is 10.2 Å². The molecule has 0 saturated carbocycles. The third-order valence-electron chi connectivity index (χ3n) is 4.09. The van der Waals surface area contributed by atoms with Gasteiger partial charge in [0, 0.05) is 26.1 Å². The molecule has 1 fully saturated rings. The average molecular weight is 303 g/mol. The van der Waals surface area contributed by atoms with Crippen molar-refractivity contribution in [1.29, 1.82) is 0 Å². The van der Waals surface area contributed by atoms with Crippen LogP contribution in [0.2, 0.25) is 0 Å². The molecular formula is C16H21N3OS. The Bertz CT molecular complexity index is 572. The number of piperidine rings is 1. The lowest BCUT2D eigenvalue weighted by Gasteiger charge is -2.37. The summed E-state index contributed by atoms with van der Waals surface area (Å²) >= 11 is 1.67. The van der Waals surface area contributed by atoms with Crippen LogP contribution in [-0.2, 0) is 11.2 Å². The van der Waals surface area contributed by atoms with E-state index in [0.29, 0.717) is 12.0 Å². The van der Waals surface area contributed by atoms with Gasteiger partial charge in [0.05, 0.1) is 6.10 Å². The van der Waals surface area contributed by atoms with E-state index < -0.39 is 0 Å². The van der Waals surface area contributed by atoms with Crippen molar-refractivity contribution in [2.45, 2.75) is 25.9 Å². The SMILES string of the molecule is CO[C@@H]1CCN(c2nnc(C)s2)C[C@H]1Cc1ccccc1. The minimum atomic E-state index is 0.329. The average Bonchev–Trinajstić information content (AvgIpc) is 2.95. The Morgan fingerprint density at radius 1 is 1.29 bits per heavy atom. The zero-order valence-electron chi connectivity index (χ0n) is 12.5. The molecule has 21 heavy (non-hydrogen) atoms. The van der Waals surface area contributed by atoms with Crippen LogP contribution in [0.25, 0.3) is 0 Å². The quantitative estimate of drug-likeness (QED) is 0.870. The summed E-state index contributed by atoms with van der Waals surface area (Å²) in [7, 11) is 1.83. The Balaban J connectivity index is 1.72. The highest BCUT2D eigenvalue weighted by atomic mass is 32.1. The first-order valence-electron chi connectivity index (χ1n) is 7.38. The van der Waals surface area contributed by atoms with Gasteiger partial charge in [-0.15, -0.1) is 10.2 Å². The van der Waals surface area contributed by atoms with Crippen molar-refractivity contribution in [3.63, 3.8) is 0 Å². The fourth-order valence-corrected chi connectivity index (χ4v) is 3.74. The smallest absolute Gasteiger partial charge is 0.208 e. The predicted octanol–water partition coefficient (Wildman–Crippen LogP) is 2.93. The van der Waals surface area contributed by atoms with Crippen LogP contribution in [0, 0.1) is 12.8 Å². The molecule has 0 unspecified atom stereocenters. The van der Waals surface area contributed by atoms with Crippen molar-refractivity contribution in [3.8, 4) is 0 Å². The first kappa shape index (κ1) is 14.5. The minimum Gasteiger partial charge on any atom is -0.381 e. The second-order valence-electron chi connectivity index (χ2n) is 5.56. The molecule has 3 rings (SSSR count). The van der Waals surface area contributed by atoms with Crippen molar-refractivity contribution in [3.05, 3.63) is 40.9 Å². The van der Waals surface area contributed by atoms with E-state index in [0.717, 1.165) is 36.1 Å². The molecule has 1 aromatic carbocycles. The summed E-state index contributed by atoms with van der Waals surface area (Å²) in [4.78, 5) is 2.35. The number of hydrogen-bond acceptors (Lipinski definition) is 5. The van der Waals surface area contributed by atoms with E-state index in [1.807, 2.05) is 14.0 Å². The van der Waals surface area contributed by atoms with Gasteiger partial charge in [-0.3, -0.25) is 0 Å². The molecule has 0 spiro atoms. The second-order valence-corrected chi connectivity index (χ2v) is 6.72. The van der Waals surface area contributed by atoms with E-state index in [2.05, 4.69) is 45.4 Å². The fraction of sp³-hybridized carbons (Fsp3) is 0.500. The Kier molecular flexibility index (Phi) is 4.51. The van der Waals surface area contributed by atoms with E-state index in [-0.39, 0.29) is 0 Å². The molecule has 2 atom stereocenters. The van der Waals surface area contributed by atoms with Crippen LogP contribution in [0.4, 0.5) is 5.13 Å². The molecule has 0 aliphatic carbocycles. The third kappa shape index (κ3) is 3.41. The molecule has 112 valence electrons. The second kappa shape index (κ2) is 6.54. The van der Waals surface area contributed by atoms with Gasteiger partial charge >= 0.3 is 0 Å². The molecular weight excluding hydrogens is 282 g/mol. The molecule has 0 N–H and O–H groups in total. The predicted molar refractivity (Wildman–Crippen MR) is 85.9 cm³/mol. The lowest BCUT2D eigenvalue weighted by molar-refractivity contribution is 0.0376. The van der Waals surface area contributed by atoms with E-state index in [1.54, 1.807) is 11.3 Å². The van der Waals surface area contributed by atoms with Gasteiger partial charge in [-0.05, 0) is 25.3 Å². The van der Waals surface area contributed by atoms with Gasteiger partial charge in [0.25, 0.3) is 0 Å². The van der Waals surface area contributed by atoms with Gasteiger partial charge in [0.15, 0.2) is 0 Å². The molecule has 5 heteroatoms. The summed E-state index contributed by atoms with van der Waals surface area (Å²) in [5.41, 5.74) is 1.37. The molecule has 4 nitrogen and oxygen atoms in total. The molecule has 0 amide bonds. The molecule has 1 aliphatic heterocycles. The zero-order valence-corrected chi connectivity index (χ0v) is 13.3. The van der Waals surface area contributed by atoms with E-state index in [1.165, 1.54) is 5.56 Å². The first-order chi connectivity index (χ1) is 10.3. The number of ether oxygens (including phenoxy) is 1. The molecule has 0 bridgehead atoms. The largest absolute Gasteiger partial charge is 0.381 e. The summed E-state index contributed by atoms with van der Waals surface area (Å²) in [5, 5.41) is 10.5. The number of rotatable bonds is 4. The van der Waals surface area contributed by atoms with Gasteiger partial charge in [-0.1, -0.05) is 41.7 Å². The number of benzene rings is 1. The highest BCUT2D eigenvalue weighted by Gasteiger charge is 2.30. The number of aryl methyl sites for hydroxylation is 1. The van der Waals surface area contributed by atoms with E-state index >= 15 is 0 Å².